The van der Waals surface area contributed by atoms with Crippen LogP contribution in [-0.2, 0) is 27.9 Å². The lowest BCUT2D eigenvalue weighted by Crippen LogP contribution is -2.37. The lowest BCUT2D eigenvalue weighted by molar-refractivity contribution is -0.870. The fourth-order valence-electron chi connectivity index (χ4n) is 6.30. The average Bonchev–Trinajstić information content (AvgIpc) is 3.29. The number of unbranched alkanes of at least 4 members (excludes halogenated alkanes) is 10. The molecule has 0 saturated carbocycles. The summed E-state index contributed by atoms with van der Waals surface area (Å²) >= 11 is 0. The highest BCUT2D eigenvalue weighted by molar-refractivity contribution is 7.47. The van der Waals surface area contributed by atoms with Crippen molar-refractivity contribution in [3.8, 4) is 0 Å². The van der Waals surface area contributed by atoms with E-state index in [0.717, 1.165) is 109 Å². The van der Waals surface area contributed by atoms with E-state index in [1.807, 2.05) is 21.1 Å². The smallest absolute Gasteiger partial charge is 0.457 e. The molecule has 0 fully saturated rings. The second kappa shape index (κ2) is 49.1. The Balaban J connectivity index is 4.28. The Hall–Kier alpha value is -3.36. The van der Waals surface area contributed by atoms with Crippen LogP contribution < -0.4 is 0 Å². The molecule has 67 heavy (non-hydrogen) atoms. The minimum Gasteiger partial charge on any atom is -0.457 e. The first-order valence-electron chi connectivity index (χ1n) is 25.9. The van der Waals surface area contributed by atoms with Crippen molar-refractivity contribution < 1.29 is 37.3 Å². The van der Waals surface area contributed by atoms with Crippen molar-refractivity contribution in [2.45, 2.75) is 174 Å². The van der Waals surface area contributed by atoms with Gasteiger partial charge in [0.05, 0.1) is 34.4 Å². The molecular weight excluding hydrogens is 854 g/mol. The van der Waals surface area contributed by atoms with Crippen molar-refractivity contribution in [2.75, 3.05) is 54.1 Å². The SMILES string of the molecule is CC/C=C\C/C=C\C/C=C\C/C=C\C/C=C\C/C=C\CCCOCC(COP(=O)(O)OCC[N+](C)(C)C)OC(=O)CCCCCCCCCCC/C=C\C/C=C\C/C=C\C/C=C\C/C=C\CC. The first kappa shape index (κ1) is 63.6. The van der Waals surface area contributed by atoms with Crippen LogP contribution in [0.3, 0.4) is 0 Å². The van der Waals surface area contributed by atoms with E-state index >= 15 is 0 Å². The van der Waals surface area contributed by atoms with Crippen molar-refractivity contribution in [2.24, 2.45) is 0 Å². The zero-order valence-electron chi connectivity index (χ0n) is 43.1. The molecule has 0 amide bonds. The number of rotatable bonds is 46. The average molecular weight is 951 g/mol. The summed E-state index contributed by atoms with van der Waals surface area (Å²) in [6.07, 6.45) is 72.3. The first-order chi connectivity index (χ1) is 32.6. The van der Waals surface area contributed by atoms with Gasteiger partial charge in [0.25, 0.3) is 0 Å². The molecule has 0 spiro atoms. The predicted octanol–water partition coefficient (Wildman–Crippen LogP) is 16.3. The minimum absolute atomic E-state index is 0.0681. The molecule has 1 N–H and O–H groups in total. The fourth-order valence-corrected chi connectivity index (χ4v) is 7.04. The molecule has 0 aromatic carbocycles. The Morgan fingerprint density at radius 3 is 1.22 bits per heavy atom. The Labute approximate surface area is 411 Å². The van der Waals surface area contributed by atoms with E-state index in [9.17, 15) is 14.3 Å². The second-order valence-electron chi connectivity index (χ2n) is 17.8. The minimum atomic E-state index is -4.31. The van der Waals surface area contributed by atoms with Crippen molar-refractivity contribution >= 4 is 13.8 Å². The topological polar surface area (TPSA) is 91.3 Å². The second-order valence-corrected chi connectivity index (χ2v) is 19.2. The van der Waals surface area contributed by atoms with E-state index in [-0.39, 0.29) is 25.8 Å². The Kier molecular flexibility index (Phi) is 46.6. The van der Waals surface area contributed by atoms with Crippen LogP contribution >= 0.6 is 7.82 Å². The number of esters is 1. The van der Waals surface area contributed by atoms with Crippen LogP contribution in [0, 0.1) is 0 Å². The van der Waals surface area contributed by atoms with E-state index < -0.39 is 13.9 Å². The van der Waals surface area contributed by atoms with Crippen LogP contribution in [0.1, 0.15) is 168 Å². The standard InChI is InChI=1S/C58H96NO7P/c1-6-8-10-12-14-16-18-20-22-24-26-28-29-30-31-32-33-35-37-39-41-43-45-47-49-51-58(60)66-57(56-65-67(61,62)64-54-52-59(3,4)5)55-63-53-50-48-46-44-42-40-38-36-34-27-25-23-21-19-17-15-13-11-9-7-2/h8-11,14-17,20-23,26-28,30-31,34,38,40,44,46,57H,6-7,12-13,18-19,24-25,29,32-33,35-37,39,41-43,45,47-56H2,1-5H3/p+1/b10-8-,11-9-,16-14-,17-15-,22-20-,23-21-,28-26-,31-30-,34-27-,40-38-,46-44-. The number of likely N-dealkylation sites (N-methyl/N-ethyl adjacent to an activating group) is 1. The van der Waals surface area contributed by atoms with Crippen molar-refractivity contribution in [3.05, 3.63) is 134 Å². The van der Waals surface area contributed by atoms with Gasteiger partial charge in [-0.3, -0.25) is 13.8 Å². The maximum absolute atomic E-state index is 12.8. The summed E-state index contributed by atoms with van der Waals surface area (Å²) in [5.41, 5.74) is 0. The van der Waals surface area contributed by atoms with Gasteiger partial charge in [0.2, 0.25) is 0 Å². The van der Waals surface area contributed by atoms with Gasteiger partial charge in [0.1, 0.15) is 19.3 Å². The molecule has 0 aromatic heterocycles. The van der Waals surface area contributed by atoms with Crippen LogP contribution in [0.4, 0.5) is 0 Å². The van der Waals surface area contributed by atoms with Gasteiger partial charge in [-0.15, -0.1) is 0 Å². The summed E-state index contributed by atoms with van der Waals surface area (Å²) in [5, 5.41) is 0. The summed E-state index contributed by atoms with van der Waals surface area (Å²) < 4.78 is 35.1. The summed E-state index contributed by atoms with van der Waals surface area (Å²) in [4.78, 5) is 23.0. The normalized spacial score (nSPS) is 14.7. The molecule has 380 valence electrons. The molecule has 0 radical (unpaired) electrons. The van der Waals surface area contributed by atoms with Crippen LogP contribution in [0.2, 0.25) is 0 Å². The van der Waals surface area contributed by atoms with E-state index in [4.69, 9.17) is 18.5 Å². The monoisotopic (exact) mass is 951 g/mol. The van der Waals surface area contributed by atoms with Gasteiger partial charge < -0.3 is 18.9 Å². The third-order valence-corrected chi connectivity index (χ3v) is 11.2. The van der Waals surface area contributed by atoms with Crippen molar-refractivity contribution in [3.63, 3.8) is 0 Å². The van der Waals surface area contributed by atoms with E-state index in [1.54, 1.807) is 0 Å². The largest absolute Gasteiger partial charge is 0.472 e. The highest BCUT2D eigenvalue weighted by Crippen LogP contribution is 2.43. The molecule has 0 aliphatic carbocycles. The molecule has 9 heteroatoms. The predicted molar refractivity (Wildman–Crippen MR) is 288 cm³/mol. The highest BCUT2D eigenvalue weighted by Gasteiger charge is 2.26. The number of phosphoric acid groups is 1. The van der Waals surface area contributed by atoms with Gasteiger partial charge >= 0.3 is 13.8 Å². The number of hydrogen-bond donors (Lipinski definition) is 1. The van der Waals surface area contributed by atoms with Gasteiger partial charge in [-0.1, -0.05) is 192 Å². The number of quaternary nitrogens is 1. The number of hydrogen-bond acceptors (Lipinski definition) is 6. The third-order valence-electron chi connectivity index (χ3n) is 10.2. The zero-order valence-corrected chi connectivity index (χ0v) is 44.0. The van der Waals surface area contributed by atoms with E-state index in [2.05, 4.69) is 148 Å². The van der Waals surface area contributed by atoms with Gasteiger partial charge in [0, 0.05) is 13.0 Å². The van der Waals surface area contributed by atoms with E-state index in [1.165, 1.54) is 38.5 Å². The van der Waals surface area contributed by atoms with Gasteiger partial charge in [0.15, 0.2) is 0 Å². The van der Waals surface area contributed by atoms with Crippen LogP contribution in [0.5, 0.6) is 0 Å². The molecule has 0 bridgehead atoms. The first-order valence-corrected chi connectivity index (χ1v) is 27.4. The zero-order chi connectivity index (χ0) is 49.0. The molecule has 0 aromatic rings. The summed E-state index contributed by atoms with van der Waals surface area (Å²) in [6.45, 7) is 5.19. The molecule has 0 heterocycles. The highest BCUT2D eigenvalue weighted by atomic mass is 31.2. The summed E-state index contributed by atoms with van der Waals surface area (Å²) in [7, 11) is 1.60. The third kappa shape index (κ3) is 53.5. The molecule has 2 unspecified atom stereocenters. The summed E-state index contributed by atoms with van der Waals surface area (Å²) in [6, 6.07) is 0. The van der Waals surface area contributed by atoms with E-state index in [0.29, 0.717) is 24.1 Å². The number of phosphoric ester groups is 1. The fraction of sp³-hybridized carbons (Fsp3) is 0.603. The number of carbonyl (C=O) groups excluding carboxylic acids is 1. The Bertz CT molecular complexity index is 1520. The Morgan fingerprint density at radius 1 is 0.463 bits per heavy atom. The number of allylic oxidation sites excluding steroid dienone is 22. The summed E-state index contributed by atoms with van der Waals surface area (Å²) in [5.74, 6) is -0.346. The molecular formula is C58H97NO7P+. The number of ether oxygens (including phenoxy) is 2. The number of carbonyl (C=O) groups is 1. The van der Waals surface area contributed by atoms with Gasteiger partial charge in [-0.2, -0.15) is 0 Å². The lowest BCUT2D eigenvalue weighted by Gasteiger charge is -2.24. The van der Waals surface area contributed by atoms with Crippen LogP contribution in [-0.4, -0.2) is 75.6 Å². The van der Waals surface area contributed by atoms with Crippen molar-refractivity contribution in [1.29, 1.82) is 0 Å². The van der Waals surface area contributed by atoms with Crippen LogP contribution in [0.25, 0.3) is 0 Å². The van der Waals surface area contributed by atoms with Gasteiger partial charge in [-0.25, -0.2) is 4.57 Å². The lowest BCUT2D eigenvalue weighted by atomic mass is 10.1. The molecule has 0 aliphatic rings. The van der Waals surface area contributed by atoms with Gasteiger partial charge in [-0.05, 0) is 103 Å². The molecule has 0 saturated heterocycles. The van der Waals surface area contributed by atoms with Crippen LogP contribution in [0.15, 0.2) is 134 Å². The quantitative estimate of drug-likeness (QED) is 0.0214. The molecule has 8 nitrogen and oxygen atoms in total. The molecule has 0 aliphatic heterocycles. The molecule has 0 rings (SSSR count). The Morgan fingerprint density at radius 2 is 0.821 bits per heavy atom. The maximum atomic E-state index is 12.8. The molecule has 2 atom stereocenters. The van der Waals surface area contributed by atoms with Crippen molar-refractivity contribution in [1.82, 2.24) is 0 Å². The maximum Gasteiger partial charge on any atom is 0.472 e. The number of nitrogens with zero attached hydrogens (tertiary/aromatic N) is 1.